The third-order valence-corrected chi connectivity index (χ3v) is 5.54. The summed E-state index contributed by atoms with van der Waals surface area (Å²) in [6.07, 6.45) is 7.75. The molecule has 0 saturated carbocycles. The van der Waals surface area contributed by atoms with Crippen molar-refractivity contribution in [2.45, 2.75) is 20.1 Å². The lowest BCUT2D eigenvalue weighted by Gasteiger charge is -2.17. The number of nitrogens with zero attached hydrogens (tertiary/aromatic N) is 4. The van der Waals surface area contributed by atoms with E-state index in [1.165, 1.54) is 12.1 Å². The van der Waals surface area contributed by atoms with E-state index in [1.54, 1.807) is 25.6 Å². The molecule has 3 heterocycles. The molecule has 0 atom stereocenters. The number of methoxy groups -OCH3 is 1. The van der Waals surface area contributed by atoms with Gasteiger partial charge in [0, 0.05) is 18.3 Å². The van der Waals surface area contributed by atoms with Crippen LogP contribution in [0.3, 0.4) is 0 Å². The molecule has 2 aromatic carbocycles. The summed E-state index contributed by atoms with van der Waals surface area (Å²) >= 11 is 0. The number of aryl methyl sites for hydroxylation is 1. The van der Waals surface area contributed by atoms with E-state index in [0.29, 0.717) is 13.2 Å². The highest BCUT2D eigenvalue weighted by atomic mass is 19.1. The van der Waals surface area contributed by atoms with E-state index in [0.717, 1.165) is 52.0 Å². The molecular weight excluding hydrogens is 407 g/mol. The molecule has 0 N–H and O–H groups in total. The van der Waals surface area contributed by atoms with Gasteiger partial charge in [-0.1, -0.05) is 12.1 Å². The van der Waals surface area contributed by atoms with E-state index in [2.05, 4.69) is 9.55 Å². The van der Waals surface area contributed by atoms with Crippen LogP contribution in [-0.4, -0.2) is 32.8 Å². The molecule has 162 valence electrons. The second-order valence-electron chi connectivity index (χ2n) is 7.66. The predicted molar refractivity (Wildman–Crippen MR) is 121 cm³/mol. The lowest BCUT2D eigenvalue weighted by atomic mass is 10.1. The van der Waals surface area contributed by atoms with Crippen molar-refractivity contribution in [3.63, 3.8) is 0 Å². The van der Waals surface area contributed by atoms with Crippen molar-refractivity contribution in [1.82, 2.24) is 19.1 Å². The van der Waals surface area contributed by atoms with E-state index in [9.17, 15) is 4.39 Å². The Bertz CT molecular complexity index is 1290. The minimum Gasteiger partial charge on any atom is -0.495 e. The van der Waals surface area contributed by atoms with E-state index < -0.39 is 0 Å². The fourth-order valence-electron chi connectivity index (χ4n) is 3.93. The Morgan fingerprint density at radius 2 is 1.97 bits per heavy atom. The van der Waals surface area contributed by atoms with Gasteiger partial charge in [0.25, 0.3) is 0 Å². The number of ether oxygens (including phenoxy) is 2. The molecule has 1 aliphatic heterocycles. The van der Waals surface area contributed by atoms with Crippen LogP contribution in [-0.2, 0) is 17.9 Å². The molecule has 0 bridgehead atoms. The van der Waals surface area contributed by atoms with E-state index in [-0.39, 0.29) is 5.82 Å². The van der Waals surface area contributed by atoms with Crippen molar-refractivity contribution in [2.75, 3.05) is 13.7 Å². The van der Waals surface area contributed by atoms with Crippen LogP contribution in [0.5, 0.6) is 5.75 Å². The Morgan fingerprint density at radius 3 is 2.72 bits per heavy atom. The van der Waals surface area contributed by atoms with Crippen LogP contribution >= 0.6 is 0 Å². The molecule has 0 unspecified atom stereocenters. The summed E-state index contributed by atoms with van der Waals surface area (Å²) in [5, 5.41) is 0. The van der Waals surface area contributed by atoms with Gasteiger partial charge in [-0.2, -0.15) is 0 Å². The molecule has 0 spiro atoms. The Hall–Kier alpha value is -3.71. The van der Waals surface area contributed by atoms with Crippen molar-refractivity contribution in [2.24, 2.45) is 0 Å². The van der Waals surface area contributed by atoms with Gasteiger partial charge in [0.05, 0.1) is 49.4 Å². The molecule has 2 aromatic heterocycles. The number of rotatable bonds is 5. The molecule has 0 saturated heterocycles. The van der Waals surface area contributed by atoms with E-state index in [1.807, 2.05) is 48.0 Å². The van der Waals surface area contributed by atoms with E-state index >= 15 is 0 Å². The van der Waals surface area contributed by atoms with Gasteiger partial charge < -0.3 is 18.6 Å². The summed E-state index contributed by atoms with van der Waals surface area (Å²) < 4.78 is 28.8. The van der Waals surface area contributed by atoms with Crippen LogP contribution in [0.15, 0.2) is 55.0 Å². The smallest absolute Gasteiger partial charge is 0.143 e. The van der Waals surface area contributed by atoms with Crippen LogP contribution in [0.1, 0.15) is 22.8 Å². The van der Waals surface area contributed by atoms with Crippen LogP contribution in [0.2, 0.25) is 0 Å². The highest BCUT2D eigenvalue weighted by Gasteiger charge is 2.20. The van der Waals surface area contributed by atoms with Gasteiger partial charge in [-0.05, 0) is 55.0 Å². The number of imidazole rings is 2. The van der Waals surface area contributed by atoms with Crippen molar-refractivity contribution in [3.8, 4) is 22.7 Å². The fourth-order valence-corrected chi connectivity index (χ4v) is 3.93. The van der Waals surface area contributed by atoms with Crippen molar-refractivity contribution >= 4 is 12.2 Å². The standard InChI is InChI=1S/C25H23FN4O2/c1-17-14-29(16-27-17)21-9-3-18(13-23(21)31-2)4-10-24-28-25(19-5-7-20(26)8-6-19)22-15-32-12-11-30(22)24/h3-10,13-14,16H,11-12,15H2,1-2H3. The molecule has 32 heavy (non-hydrogen) atoms. The largest absolute Gasteiger partial charge is 0.495 e. The molecule has 7 heteroatoms. The number of hydrogen-bond acceptors (Lipinski definition) is 4. The first kappa shape index (κ1) is 20.2. The SMILES string of the molecule is COc1cc(C=Cc2nc(-c3ccc(F)cc3)c3n2CCOC3)ccc1-n1cnc(C)c1. The van der Waals surface area contributed by atoms with Crippen molar-refractivity contribution < 1.29 is 13.9 Å². The maximum Gasteiger partial charge on any atom is 0.143 e. The monoisotopic (exact) mass is 430 g/mol. The maximum atomic E-state index is 13.4. The van der Waals surface area contributed by atoms with Gasteiger partial charge in [-0.15, -0.1) is 0 Å². The van der Waals surface area contributed by atoms with Crippen LogP contribution < -0.4 is 4.74 Å². The van der Waals surface area contributed by atoms with Gasteiger partial charge >= 0.3 is 0 Å². The normalized spacial score (nSPS) is 13.5. The van der Waals surface area contributed by atoms with Crippen LogP contribution in [0.25, 0.3) is 29.1 Å². The highest BCUT2D eigenvalue weighted by Crippen LogP contribution is 2.29. The zero-order valence-corrected chi connectivity index (χ0v) is 18.0. The number of fused-ring (bicyclic) bond motifs is 1. The lowest BCUT2D eigenvalue weighted by Crippen LogP contribution is -2.17. The molecular formula is C25H23FN4O2. The first-order valence-corrected chi connectivity index (χ1v) is 10.4. The van der Waals surface area contributed by atoms with Crippen LogP contribution in [0, 0.1) is 12.7 Å². The maximum absolute atomic E-state index is 13.4. The summed E-state index contributed by atoms with van der Waals surface area (Å²) in [4.78, 5) is 9.14. The molecule has 6 nitrogen and oxygen atoms in total. The fraction of sp³-hybridized carbons (Fsp3) is 0.200. The lowest BCUT2D eigenvalue weighted by molar-refractivity contribution is 0.0852. The summed E-state index contributed by atoms with van der Waals surface area (Å²) in [5.41, 5.74) is 5.58. The average molecular weight is 430 g/mol. The number of hydrogen-bond donors (Lipinski definition) is 0. The van der Waals surface area contributed by atoms with Crippen molar-refractivity contribution in [1.29, 1.82) is 0 Å². The summed E-state index contributed by atoms with van der Waals surface area (Å²) in [6, 6.07) is 12.5. The number of halogens is 1. The van der Waals surface area contributed by atoms with Crippen molar-refractivity contribution in [3.05, 3.63) is 83.6 Å². The third-order valence-electron chi connectivity index (χ3n) is 5.54. The quantitative estimate of drug-likeness (QED) is 0.452. The summed E-state index contributed by atoms with van der Waals surface area (Å²) in [6.45, 7) is 3.81. The molecule has 1 aliphatic rings. The first-order valence-electron chi connectivity index (χ1n) is 10.4. The van der Waals surface area contributed by atoms with Gasteiger partial charge in [0.2, 0.25) is 0 Å². The summed E-state index contributed by atoms with van der Waals surface area (Å²) in [7, 11) is 1.66. The average Bonchev–Trinajstić information content (AvgIpc) is 3.42. The van der Waals surface area contributed by atoms with Gasteiger partial charge in [0.1, 0.15) is 17.4 Å². The minimum atomic E-state index is -0.263. The van der Waals surface area contributed by atoms with E-state index in [4.69, 9.17) is 14.5 Å². The van der Waals surface area contributed by atoms with Crippen LogP contribution in [0.4, 0.5) is 4.39 Å². The van der Waals surface area contributed by atoms with Gasteiger partial charge in [-0.25, -0.2) is 14.4 Å². The van der Waals surface area contributed by atoms with Gasteiger partial charge in [-0.3, -0.25) is 0 Å². The Labute approximate surface area is 185 Å². The number of benzene rings is 2. The Kier molecular flexibility index (Phi) is 5.33. The topological polar surface area (TPSA) is 54.1 Å². The summed E-state index contributed by atoms with van der Waals surface area (Å²) in [5.74, 6) is 1.34. The second-order valence-corrected chi connectivity index (χ2v) is 7.66. The zero-order valence-electron chi connectivity index (χ0n) is 18.0. The molecule has 0 aliphatic carbocycles. The number of aromatic nitrogens is 4. The molecule has 4 aromatic rings. The Balaban J connectivity index is 1.48. The first-order chi connectivity index (χ1) is 15.6. The molecule has 0 radical (unpaired) electrons. The predicted octanol–water partition coefficient (Wildman–Crippen LogP) is 4.89. The second kappa shape index (κ2) is 8.43. The minimum absolute atomic E-state index is 0.263. The highest BCUT2D eigenvalue weighted by molar-refractivity contribution is 5.72. The molecule has 0 fully saturated rings. The van der Waals surface area contributed by atoms with Gasteiger partial charge in [0.15, 0.2) is 0 Å². The molecule has 0 amide bonds. The third kappa shape index (κ3) is 3.83. The Morgan fingerprint density at radius 1 is 1.12 bits per heavy atom. The zero-order chi connectivity index (χ0) is 22.1. The molecule has 5 rings (SSSR count).